The molecule has 0 saturated heterocycles. The molecule has 2 aromatic heterocycles. The number of alkyl halides is 3. The zero-order chi connectivity index (χ0) is 23.0. The number of esters is 1. The van der Waals surface area contributed by atoms with Gasteiger partial charge in [-0.15, -0.1) is 0 Å². The van der Waals surface area contributed by atoms with E-state index in [2.05, 4.69) is 0 Å². The van der Waals surface area contributed by atoms with E-state index in [-0.39, 0.29) is 17.9 Å². The van der Waals surface area contributed by atoms with Gasteiger partial charge >= 0.3 is 12.1 Å². The number of aromatic nitrogens is 1. The fourth-order valence-electron chi connectivity index (χ4n) is 3.19. The molecule has 1 aromatic carbocycles. The summed E-state index contributed by atoms with van der Waals surface area (Å²) in [6.45, 7) is 3.13. The normalized spacial score (nSPS) is 12.3. The van der Waals surface area contributed by atoms with Gasteiger partial charge < -0.3 is 9.14 Å². The van der Waals surface area contributed by atoms with Crippen LogP contribution < -0.4 is 0 Å². The molecular weight excluding hydrogens is 451 g/mol. The van der Waals surface area contributed by atoms with Crippen molar-refractivity contribution < 1.29 is 31.1 Å². The third-order valence-corrected chi connectivity index (χ3v) is 7.04. The Balaban J connectivity index is 2.05. The average molecular weight is 472 g/mol. The van der Waals surface area contributed by atoms with E-state index in [1.165, 1.54) is 37.0 Å². The number of sulfone groups is 1. The molecule has 2 heterocycles. The first-order valence-electron chi connectivity index (χ1n) is 9.20. The van der Waals surface area contributed by atoms with Crippen LogP contribution in [0.15, 0.2) is 57.4 Å². The summed E-state index contributed by atoms with van der Waals surface area (Å²) < 4.78 is 69.8. The van der Waals surface area contributed by atoms with Crippen molar-refractivity contribution in [1.82, 2.24) is 4.40 Å². The van der Waals surface area contributed by atoms with Gasteiger partial charge in [-0.2, -0.15) is 13.2 Å². The number of nitrogens with zero attached hydrogens (tertiary/aromatic N) is 1. The van der Waals surface area contributed by atoms with Crippen molar-refractivity contribution in [3.63, 3.8) is 0 Å². The molecule has 3 aromatic rings. The molecule has 5 nitrogen and oxygen atoms in total. The first kappa shape index (κ1) is 23.2. The van der Waals surface area contributed by atoms with Crippen molar-refractivity contribution in [2.24, 2.45) is 0 Å². The predicted octanol–water partition coefficient (Wildman–Crippen LogP) is 4.93. The summed E-state index contributed by atoms with van der Waals surface area (Å²) in [6, 6.07) is 8.40. The van der Waals surface area contributed by atoms with E-state index < -0.39 is 27.5 Å². The third kappa shape index (κ3) is 5.24. The zero-order valence-electron chi connectivity index (χ0n) is 17.0. The summed E-state index contributed by atoms with van der Waals surface area (Å²) in [5.74, 6) is -0.460. The number of hydrogen-bond acceptors (Lipinski definition) is 5. The van der Waals surface area contributed by atoms with Gasteiger partial charge in [-0.25, -0.2) is 8.42 Å². The third-order valence-electron chi connectivity index (χ3n) is 4.71. The average Bonchev–Trinajstić information content (AvgIpc) is 2.92. The lowest BCUT2D eigenvalue weighted by Crippen LogP contribution is -2.06. The van der Waals surface area contributed by atoms with Crippen LogP contribution in [0.2, 0.25) is 0 Å². The molecule has 0 bridgehead atoms. The molecule has 3 rings (SSSR count). The van der Waals surface area contributed by atoms with Gasteiger partial charge in [-0.1, -0.05) is 11.8 Å². The number of rotatable bonds is 6. The molecule has 0 aliphatic rings. The number of benzene rings is 1. The molecule has 0 atom stereocenters. The summed E-state index contributed by atoms with van der Waals surface area (Å²) in [4.78, 5) is 12.0. The van der Waals surface area contributed by atoms with Crippen LogP contribution in [0.5, 0.6) is 0 Å². The molecule has 0 N–H and O–H groups in total. The maximum Gasteiger partial charge on any atom is 0.416 e. The van der Waals surface area contributed by atoms with Gasteiger partial charge in [0, 0.05) is 30.7 Å². The maximum atomic E-state index is 13.3. The Morgan fingerprint density at radius 1 is 1.16 bits per heavy atom. The van der Waals surface area contributed by atoms with Crippen LogP contribution in [-0.2, 0) is 32.0 Å². The Bertz CT molecular complexity index is 1230. The van der Waals surface area contributed by atoms with Crippen LogP contribution in [0, 0.1) is 6.92 Å². The molecule has 0 unspecified atom stereocenters. The van der Waals surface area contributed by atoms with E-state index in [0.29, 0.717) is 16.1 Å². The monoisotopic (exact) mass is 471 g/mol. The molecule has 0 saturated carbocycles. The highest BCUT2D eigenvalue weighted by molar-refractivity contribution is 7.99. The quantitative estimate of drug-likeness (QED) is 0.477. The van der Waals surface area contributed by atoms with Crippen LogP contribution in [0.3, 0.4) is 0 Å². The Morgan fingerprint density at radius 3 is 2.35 bits per heavy atom. The van der Waals surface area contributed by atoms with E-state index in [1.54, 1.807) is 23.5 Å². The summed E-state index contributed by atoms with van der Waals surface area (Å²) >= 11 is 1.32. The van der Waals surface area contributed by atoms with Gasteiger partial charge in [0.05, 0.1) is 27.6 Å². The molecular formula is C21H20F3NO4S2. The fraction of sp³-hybridized carbons (Fsp3) is 0.286. The highest BCUT2D eigenvalue weighted by Crippen LogP contribution is 2.38. The topological polar surface area (TPSA) is 64.9 Å². The van der Waals surface area contributed by atoms with Crippen molar-refractivity contribution in [2.45, 2.75) is 41.3 Å². The molecule has 166 valence electrons. The van der Waals surface area contributed by atoms with Gasteiger partial charge in [-0.05, 0) is 54.4 Å². The summed E-state index contributed by atoms with van der Waals surface area (Å²) in [5, 5.41) is 0.702. The number of pyridine rings is 1. The van der Waals surface area contributed by atoms with Crippen LogP contribution in [0.4, 0.5) is 13.2 Å². The first-order chi connectivity index (χ1) is 14.4. The highest BCUT2D eigenvalue weighted by Gasteiger charge is 2.31. The molecule has 0 fully saturated rings. The summed E-state index contributed by atoms with van der Waals surface area (Å²) in [6.07, 6.45) is -1.73. The van der Waals surface area contributed by atoms with Crippen LogP contribution >= 0.6 is 11.8 Å². The van der Waals surface area contributed by atoms with Crippen molar-refractivity contribution >= 4 is 33.1 Å². The minimum atomic E-state index is -4.48. The van der Waals surface area contributed by atoms with Gasteiger partial charge in [0.1, 0.15) is 0 Å². The van der Waals surface area contributed by atoms with Gasteiger partial charge in [0.15, 0.2) is 9.84 Å². The highest BCUT2D eigenvalue weighted by atomic mass is 32.2. The number of ether oxygens (including phenoxy) is 1. The molecule has 0 spiro atoms. The second-order valence-electron chi connectivity index (χ2n) is 7.01. The summed E-state index contributed by atoms with van der Waals surface area (Å²) in [7, 11) is -3.33. The Labute approximate surface area is 182 Å². The second kappa shape index (κ2) is 8.58. The van der Waals surface area contributed by atoms with E-state index in [1.807, 2.05) is 0 Å². The smallest absolute Gasteiger partial charge is 0.416 e. The minimum absolute atomic E-state index is 0.0548. The molecule has 0 aliphatic heterocycles. The number of hydrogen-bond donors (Lipinski definition) is 0. The first-order valence-corrected chi connectivity index (χ1v) is 11.9. The number of carbonyl (C=O) groups excluding carboxylic acids is 1. The van der Waals surface area contributed by atoms with Crippen molar-refractivity contribution in [2.75, 3.05) is 12.9 Å². The zero-order valence-corrected chi connectivity index (χ0v) is 18.6. The van der Waals surface area contributed by atoms with E-state index >= 15 is 0 Å². The number of fused-ring (bicyclic) bond motifs is 1. The van der Waals surface area contributed by atoms with Crippen LogP contribution in [0.1, 0.15) is 23.6 Å². The Hall–Kier alpha value is -2.46. The van der Waals surface area contributed by atoms with Crippen molar-refractivity contribution in [3.05, 3.63) is 59.3 Å². The van der Waals surface area contributed by atoms with Gasteiger partial charge in [-0.3, -0.25) is 4.79 Å². The van der Waals surface area contributed by atoms with Crippen molar-refractivity contribution in [3.8, 4) is 0 Å². The lowest BCUT2D eigenvalue weighted by atomic mass is 10.1. The van der Waals surface area contributed by atoms with E-state index in [9.17, 15) is 26.4 Å². The van der Waals surface area contributed by atoms with E-state index in [0.717, 1.165) is 28.8 Å². The van der Waals surface area contributed by atoms with Crippen LogP contribution in [-0.4, -0.2) is 31.7 Å². The van der Waals surface area contributed by atoms with Gasteiger partial charge in [0.2, 0.25) is 0 Å². The molecule has 0 radical (unpaired) electrons. The lowest BCUT2D eigenvalue weighted by Gasteiger charge is -2.09. The van der Waals surface area contributed by atoms with E-state index in [4.69, 9.17) is 4.74 Å². The molecule has 10 heteroatoms. The standard InChI is InChI=1S/C21H20F3NO4S2/c1-13-18(9-11-29-14(2)26)19-12-15(21(22,23)24)8-10-25(19)20(13)30-16-4-6-17(7-5-16)31(3,27)28/h4-8,10,12H,9,11H2,1-3H3. The predicted molar refractivity (Wildman–Crippen MR) is 111 cm³/mol. The Morgan fingerprint density at radius 2 is 1.81 bits per heavy atom. The van der Waals surface area contributed by atoms with Crippen LogP contribution in [0.25, 0.3) is 5.52 Å². The number of carbonyl (C=O) groups is 1. The minimum Gasteiger partial charge on any atom is -0.466 e. The number of halogens is 3. The fourth-order valence-corrected chi connectivity index (χ4v) is 4.85. The lowest BCUT2D eigenvalue weighted by molar-refractivity contribution is -0.141. The SMILES string of the molecule is CC(=O)OCCc1c(C)c(Sc2ccc(S(C)(=O)=O)cc2)n2ccc(C(F)(F)F)cc12. The maximum absolute atomic E-state index is 13.3. The van der Waals surface area contributed by atoms with Crippen molar-refractivity contribution in [1.29, 1.82) is 0 Å². The largest absolute Gasteiger partial charge is 0.466 e. The Kier molecular flexibility index (Phi) is 6.43. The summed E-state index contributed by atoms with van der Waals surface area (Å²) in [5.41, 5.74) is 1.04. The molecule has 0 amide bonds. The van der Waals surface area contributed by atoms with Gasteiger partial charge in [0.25, 0.3) is 0 Å². The molecule has 0 aliphatic carbocycles. The molecule has 31 heavy (non-hydrogen) atoms. The second-order valence-corrected chi connectivity index (χ2v) is 10.1.